The summed E-state index contributed by atoms with van der Waals surface area (Å²) < 4.78 is 5.31. The third-order valence-electron chi connectivity index (χ3n) is 2.94. The monoisotopic (exact) mass is 227 g/mol. The first-order chi connectivity index (χ1) is 7.49. The van der Waals surface area contributed by atoms with Gasteiger partial charge in [-0.1, -0.05) is 33.6 Å². The average molecular weight is 227 g/mol. The minimum absolute atomic E-state index is 0.0637. The van der Waals surface area contributed by atoms with Gasteiger partial charge in [-0.05, 0) is 31.2 Å². The van der Waals surface area contributed by atoms with Crippen LogP contribution in [-0.2, 0) is 9.53 Å². The molecule has 0 radical (unpaired) electrons. The number of carbonyl (C=O) groups excluding carboxylic acids is 1. The van der Waals surface area contributed by atoms with E-state index in [1.54, 1.807) is 0 Å². The fourth-order valence-electron chi connectivity index (χ4n) is 1.79. The molecule has 1 atom stereocenters. The van der Waals surface area contributed by atoms with E-state index < -0.39 is 0 Å². The van der Waals surface area contributed by atoms with Gasteiger partial charge in [0.1, 0.15) is 6.04 Å². The number of hydrogen-bond donors (Lipinski definition) is 1. The minimum Gasteiger partial charge on any atom is -0.465 e. The maximum atomic E-state index is 11.8. The van der Waals surface area contributed by atoms with Crippen molar-refractivity contribution in [1.82, 2.24) is 5.32 Å². The highest BCUT2D eigenvalue weighted by Crippen LogP contribution is 2.18. The van der Waals surface area contributed by atoms with Crippen molar-refractivity contribution in [2.24, 2.45) is 5.41 Å². The first-order valence-electron chi connectivity index (χ1n) is 6.39. The van der Waals surface area contributed by atoms with E-state index in [9.17, 15) is 4.79 Å². The van der Waals surface area contributed by atoms with Gasteiger partial charge in [0.15, 0.2) is 0 Å². The van der Waals surface area contributed by atoms with Crippen molar-refractivity contribution in [1.29, 1.82) is 0 Å². The molecule has 3 nitrogen and oxygen atoms in total. The number of carbonyl (C=O) groups is 1. The van der Waals surface area contributed by atoms with Crippen molar-refractivity contribution in [2.75, 3.05) is 13.2 Å². The van der Waals surface area contributed by atoms with Gasteiger partial charge in [-0.2, -0.15) is 0 Å². The van der Waals surface area contributed by atoms with Crippen LogP contribution in [0, 0.1) is 5.41 Å². The first kappa shape index (κ1) is 13.5. The molecule has 1 aliphatic rings. The number of hydrogen-bond acceptors (Lipinski definition) is 3. The summed E-state index contributed by atoms with van der Waals surface area (Å²) in [6.45, 7) is 7.96. The van der Waals surface area contributed by atoms with Crippen LogP contribution < -0.4 is 5.32 Å². The molecule has 1 fully saturated rings. The van der Waals surface area contributed by atoms with Gasteiger partial charge in [0.2, 0.25) is 0 Å². The Hall–Kier alpha value is -0.570. The van der Waals surface area contributed by atoms with Gasteiger partial charge >= 0.3 is 5.97 Å². The molecule has 1 saturated heterocycles. The van der Waals surface area contributed by atoms with Gasteiger partial charge in [-0.25, -0.2) is 0 Å². The van der Waals surface area contributed by atoms with E-state index in [4.69, 9.17) is 4.74 Å². The first-order valence-corrected chi connectivity index (χ1v) is 6.39. The van der Waals surface area contributed by atoms with Gasteiger partial charge in [0, 0.05) is 0 Å². The zero-order valence-electron chi connectivity index (χ0n) is 10.8. The highest BCUT2D eigenvalue weighted by molar-refractivity contribution is 5.75. The maximum Gasteiger partial charge on any atom is 0.323 e. The number of esters is 1. The van der Waals surface area contributed by atoms with Crippen molar-refractivity contribution in [3.63, 3.8) is 0 Å². The molecule has 1 N–H and O–H groups in total. The van der Waals surface area contributed by atoms with E-state index >= 15 is 0 Å². The zero-order chi connectivity index (χ0) is 12.0. The Kier molecular flexibility index (Phi) is 5.26. The van der Waals surface area contributed by atoms with Gasteiger partial charge in [-0.15, -0.1) is 0 Å². The second kappa shape index (κ2) is 6.24. The third kappa shape index (κ3) is 5.50. The molecule has 0 spiro atoms. The van der Waals surface area contributed by atoms with Crippen molar-refractivity contribution in [2.45, 2.75) is 58.9 Å². The Morgan fingerprint density at radius 3 is 2.75 bits per heavy atom. The molecule has 3 heteroatoms. The summed E-state index contributed by atoms with van der Waals surface area (Å²) >= 11 is 0. The molecule has 0 aromatic rings. The summed E-state index contributed by atoms with van der Waals surface area (Å²) in [6.07, 6.45) is 5.37. The van der Waals surface area contributed by atoms with Crippen LogP contribution in [0.15, 0.2) is 0 Å². The maximum absolute atomic E-state index is 11.8. The standard InChI is InChI=1S/C13H25NO2/c1-13(2,3)8-10-16-12(15)11-7-5-4-6-9-14-11/h11,14H,4-10H2,1-3H3. The van der Waals surface area contributed by atoms with E-state index in [0.717, 1.165) is 25.8 Å². The number of rotatable bonds is 3. The van der Waals surface area contributed by atoms with Gasteiger partial charge in [0.05, 0.1) is 6.61 Å². The quantitative estimate of drug-likeness (QED) is 0.753. The predicted molar refractivity (Wildman–Crippen MR) is 65.3 cm³/mol. The smallest absolute Gasteiger partial charge is 0.323 e. The molecule has 0 aromatic carbocycles. The summed E-state index contributed by atoms with van der Waals surface area (Å²) in [5.41, 5.74) is 0.233. The van der Waals surface area contributed by atoms with Crippen LogP contribution in [-0.4, -0.2) is 25.2 Å². The van der Waals surface area contributed by atoms with E-state index in [1.165, 1.54) is 12.8 Å². The summed E-state index contributed by atoms with van der Waals surface area (Å²) in [5, 5.41) is 3.25. The normalized spacial score (nSPS) is 22.6. The van der Waals surface area contributed by atoms with Gasteiger partial charge < -0.3 is 10.1 Å². The summed E-state index contributed by atoms with van der Waals surface area (Å²) in [6, 6.07) is -0.0672. The van der Waals surface area contributed by atoms with E-state index in [0.29, 0.717) is 6.61 Å². The largest absolute Gasteiger partial charge is 0.465 e. The number of ether oxygens (including phenoxy) is 1. The summed E-state index contributed by atoms with van der Waals surface area (Å²) in [4.78, 5) is 11.8. The second-order valence-corrected chi connectivity index (χ2v) is 5.83. The molecule has 0 amide bonds. The van der Waals surface area contributed by atoms with Crippen LogP contribution in [0.25, 0.3) is 0 Å². The molecule has 0 saturated carbocycles. The van der Waals surface area contributed by atoms with E-state index in [-0.39, 0.29) is 17.4 Å². The fourth-order valence-corrected chi connectivity index (χ4v) is 1.79. The number of nitrogens with one attached hydrogen (secondary N) is 1. The molecule has 16 heavy (non-hydrogen) atoms. The van der Waals surface area contributed by atoms with Gasteiger partial charge in [0.25, 0.3) is 0 Å². The fraction of sp³-hybridized carbons (Fsp3) is 0.923. The van der Waals surface area contributed by atoms with Crippen molar-refractivity contribution < 1.29 is 9.53 Å². The van der Waals surface area contributed by atoms with Crippen LogP contribution in [0.5, 0.6) is 0 Å². The molecular formula is C13H25NO2. The molecule has 1 rings (SSSR count). The molecule has 0 aliphatic carbocycles. The third-order valence-corrected chi connectivity index (χ3v) is 2.94. The minimum atomic E-state index is -0.0672. The lowest BCUT2D eigenvalue weighted by molar-refractivity contribution is -0.146. The van der Waals surface area contributed by atoms with Crippen LogP contribution >= 0.6 is 0 Å². The highest BCUT2D eigenvalue weighted by Gasteiger charge is 2.21. The Labute approximate surface area is 98.9 Å². The SMILES string of the molecule is CC(C)(C)CCOC(=O)C1CCCCCN1. The second-order valence-electron chi connectivity index (χ2n) is 5.83. The molecule has 1 heterocycles. The van der Waals surface area contributed by atoms with Crippen LogP contribution in [0.2, 0.25) is 0 Å². The average Bonchev–Trinajstić information content (AvgIpc) is 2.43. The lowest BCUT2D eigenvalue weighted by Gasteiger charge is -2.19. The lowest BCUT2D eigenvalue weighted by atomic mass is 9.93. The molecule has 1 unspecified atom stereocenters. The Morgan fingerprint density at radius 1 is 1.31 bits per heavy atom. The summed E-state index contributed by atoms with van der Waals surface area (Å²) in [5.74, 6) is -0.0637. The van der Waals surface area contributed by atoms with E-state index in [2.05, 4.69) is 26.1 Å². The lowest BCUT2D eigenvalue weighted by Crippen LogP contribution is -2.37. The highest BCUT2D eigenvalue weighted by atomic mass is 16.5. The predicted octanol–water partition coefficient (Wildman–Crippen LogP) is 2.50. The van der Waals surface area contributed by atoms with E-state index in [1.807, 2.05) is 0 Å². The molecule has 0 bridgehead atoms. The molecular weight excluding hydrogens is 202 g/mol. The molecule has 0 aromatic heterocycles. The Balaban J connectivity index is 2.23. The van der Waals surface area contributed by atoms with Crippen LogP contribution in [0.1, 0.15) is 52.9 Å². The molecule has 94 valence electrons. The van der Waals surface area contributed by atoms with Crippen molar-refractivity contribution in [3.8, 4) is 0 Å². The van der Waals surface area contributed by atoms with Crippen LogP contribution in [0.4, 0.5) is 0 Å². The van der Waals surface area contributed by atoms with Crippen LogP contribution in [0.3, 0.4) is 0 Å². The van der Waals surface area contributed by atoms with Crippen molar-refractivity contribution >= 4 is 5.97 Å². The Bertz CT molecular complexity index is 212. The molecule has 1 aliphatic heterocycles. The van der Waals surface area contributed by atoms with Gasteiger partial charge in [-0.3, -0.25) is 4.79 Å². The zero-order valence-corrected chi connectivity index (χ0v) is 10.8. The van der Waals surface area contributed by atoms with Crippen molar-refractivity contribution in [3.05, 3.63) is 0 Å². The summed E-state index contributed by atoms with van der Waals surface area (Å²) in [7, 11) is 0. The Morgan fingerprint density at radius 2 is 2.06 bits per heavy atom. The topological polar surface area (TPSA) is 38.3 Å².